The molecule has 5 heteroatoms. The van der Waals surface area contributed by atoms with Crippen molar-refractivity contribution in [1.82, 2.24) is 10.2 Å². The molecule has 0 atom stereocenters. The van der Waals surface area contributed by atoms with Gasteiger partial charge in [0.2, 0.25) is 0 Å². The fourth-order valence-electron chi connectivity index (χ4n) is 0.701. The molecule has 0 aliphatic rings. The van der Waals surface area contributed by atoms with Crippen LogP contribution in [0.4, 0.5) is 0 Å². The van der Waals surface area contributed by atoms with E-state index in [0.717, 1.165) is 0 Å². The number of ether oxygens (including phenoxy) is 1. The third kappa shape index (κ3) is 1.75. The Morgan fingerprint density at radius 2 is 2.33 bits per heavy atom. The minimum atomic E-state index is -0.635. The summed E-state index contributed by atoms with van der Waals surface area (Å²) in [6, 6.07) is 0. The lowest BCUT2D eigenvalue weighted by Gasteiger charge is -2.04. The zero-order chi connectivity index (χ0) is 9.14. The molecule has 0 saturated carbocycles. The summed E-state index contributed by atoms with van der Waals surface area (Å²) >= 11 is 0. The Morgan fingerprint density at radius 1 is 1.67 bits per heavy atom. The maximum absolute atomic E-state index is 11.1. The number of carbonyl (C=O) groups is 1. The molecule has 1 aromatic rings. The van der Waals surface area contributed by atoms with Crippen molar-refractivity contribution < 1.29 is 14.6 Å². The first kappa shape index (κ1) is 8.58. The van der Waals surface area contributed by atoms with Gasteiger partial charge in [-0.1, -0.05) is 0 Å². The van der Waals surface area contributed by atoms with Crippen molar-refractivity contribution in [3.63, 3.8) is 0 Å². The maximum Gasteiger partial charge on any atom is 0.345 e. The summed E-state index contributed by atoms with van der Waals surface area (Å²) in [6.07, 6.45) is 0.999. The highest BCUT2D eigenvalue weighted by molar-refractivity contribution is 5.91. The molecule has 1 aromatic heterocycles. The van der Waals surface area contributed by atoms with Gasteiger partial charge in [0.05, 0.1) is 6.10 Å². The Hall–Kier alpha value is -1.52. The van der Waals surface area contributed by atoms with Gasteiger partial charge in [-0.25, -0.2) is 4.79 Å². The van der Waals surface area contributed by atoms with Crippen LogP contribution in [0.2, 0.25) is 0 Å². The van der Waals surface area contributed by atoms with Crippen LogP contribution in [0, 0.1) is 0 Å². The topological polar surface area (TPSA) is 74.9 Å². The SMILES string of the molecule is CC(C)OC(=O)c1c[nH]nc1[O]. The van der Waals surface area contributed by atoms with Gasteiger partial charge in [-0.05, 0) is 13.8 Å². The molecule has 5 nitrogen and oxygen atoms in total. The lowest BCUT2D eigenvalue weighted by atomic mass is 10.3. The smallest absolute Gasteiger partial charge is 0.345 e. The highest BCUT2D eigenvalue weighted by Crippen LogP contribution is 2.13. The molecule has 1 radical (unpaired) electrons. The highest BCUT2D eigenvalue weighted by atomic mass is 16.5. The van der Waals surface area contributed by atoms with Crippen molar-refractivity contribution in [2.45, 2.75) is 20.0 Å². The number of carbonyl (C=O) groups excluding carboxylic acids is 1. The van der Waals surface area contributed by atoms with Crippen LogP contribution < -0.4 is 0 Å². The standard InChI is InChI=1S/C7H9N2O3/c1-4(2)12-7(11)5-3-8-9-6(5)10/h3-4H,1-2H3,(H,8,9). The van der Waals surface area contributed by atoms with Gasteiger partial charge in [-0.15, -0.1) is 5.10 Å². The van der Waals surface area contributed by atoms with Crippen molar-refractivity contribution in [3.05, 3.63) is 11.8 Å². The number of rotatable bonds is 2. The monoisotopic (exact) mass is 169 g/mol. The first-order valence-corrected chi connectivity index (χ1v) is 3.53. The van der Waals surface area contributed by atoms with Crippen LogP contribution in [0.5, 0.6) is 5.88 Å². The molecule has 0 saturated heterocycles. The summed E-state index contributed by atoms with van der Waals surface area (Å²) in [6.45, 7) is 3.42. The fourth-order valence-corrected chi connectivity index (χ4v) is 0.701. The van der Waals surface area contributed by atoms with Crippen LogP contribution in [0.3, 0.4) is 0 Å². The van der Waals surface area contributed by atoms with Crippen molar-refractivity contribution in [2.24, 2.45) is 0 Å². The lowest BCUT2D eigenvalue weighted by Crippen LogP contribution is -2.10. The molecule has 12 heavy (non-hydrogen) atoms. The molecule has 0 unspecified atom stereocenters. The van der Waals surface area contributed by atoms with Gasteiger partial charge < -0.3 is 4.74 Å². The Labute approximate surface area is 69.4 Å². The molecular formula is C7H9N2O3. The van der Waals surface area contributed by atoms with Crippen LogP contribution in [-0.2, 0) is 9.84 Å². The largest absolute Gasteiger partial charge is 0.459 e. The maximum atomic E-state index is 11.1. The normalized spacial score (nSPS) is 10.2. The summed E-state index contributed by atoms with van der Waals surface area (Å²) < 4.78 is 4.78. The predicted molar refractivity (Wildman–Crippen MR) is 39.3 cm³/mol. The van der Waals surface area contributed by atoms with Crippen LogP contribution in [-0.4, -0.2) is 22.3 Å². The predicted octanol–water partition coefficient (Wildman–Crippen LogP) is 1.12. The van der Waals surface area contributed by atoms with E-state index in [9.17, 15) is 9.90 Å². The van der Waals surface area contributed by atoms with Gasteiger partial charge in [0.1, 0.15) is 5.56 Å². The number of aromatic nitrogens is 2. The number of hydrogen-bond acceptors (Lipinski definition) is 3. The van der Waals surface area contributed by atoms with E-state index >= 15 is 0 Å². The second-order valence-corrected chi connectivity index (χ2v) is 2.56. The Kier molecular flexibility index (Phi) is 2.32. The summed E-state index contributed by atoms with van der Waals surface area (Å²) in [5.41, 5.74) is -0.0521. The molecular weight excluding hydrogens is 160 g/mol. The van der Waals surface area contributed by atoms with Crippen LogP contribution >= 0.6 is 0 Å². The lowest BCUT2D eigenvalue weighted by molar-refractivity contribution is 0.0373. The molecule has 0 fully saturated rings. The summed E-state index contributed by atoms with van der Waals surface area (Å²) in [5, 5.41) is 16.4. The molecule has 0 aliphatic heterocycles. The molecule has 1 rings (SSSR count). The van der Waals surface area contributed by atoms with Crippen LogP contribution in [0.1, 0.15) is 24.2 Å². The summed E-state index contributed by atoms with van der Waals surface area (Å²) in [7, 11) is 0. The third-order valence-electron chi connectivity index (χ3n) is 1.17. The van der Waals surface area contributed by atoms with E-state index in [4.69, 9.17) is 4.74 Å². The van der Waals surface area contributed by atoms with Crippen LogP contribution in [0.25, 0.3) is 0 Å². The van der Waals surface area contributed by atoms with Crippen molar-refractivity contribution >= 4 is 5.97 Å². The van der Waals surface area contributed by atoms with Gasteiger partial charge in [-0.3, -0.25) is 10.2 Å². The zero-order valence-electron chi connectivity index (χ0n) is 6.83. The second-order valence-electron chi connectivity index (χ2n) is 2.56. The number of H-pyrrole nitrogens is 1. The van der Waals surface area contributed by atoms with E-state index in [2.05, 4.69) is 10.2 Å². The Balaban J connectivity index is 2.72. The van der Waals surface area contributed by atoms with E-state index < -0.39 is 11.8 Å². The Bertz CT molecular complexity index is 280. The summed E-state index contributed by atoms with van der Waals surface area (Å²) in [5.74, 6) is -1.22. The minimum Gasteiger partial charge on any atom is -0.459 e. The van der Waals surface area contributed by atoms with E-state index in [1.807, 2.05) is 0 Å². The molecule has 0 spiro atoms. The van der Waals surface area contributed by atoms with Crippen molar-refractivity contribution in [2.75, 3.05) is 0 Å². The Morgan fingerprint density at radius 3 is 2.75 bits per heavy atom. The average Bonchev–Trinajstić information content (AvgIpc) is 2.33. The van der Waals surface area contributed by atoms with E-state index in [1.165, 1.54) is 6.20 Å². The molecule has 1 N–H and O–H groups in total. The zero-order valence-corrected chi connectivity index (χ0v) is 6.83. The molecule has 0 aromatic carbocycles. The van der Waals surface area contributed by atoms with Crippen molar-refractivity contribution in [1.29, 1.82) is 0 Å². The van der Waals surface area contributed by atoms with Gasteiger partial charge in [0, 0.05) is 6.20 Å². The average molecular weight is 169 g/mol. The van der Waals surface area contributed by atoms with E-state index in [1.54, 1.807) is 13.8 Å². The van der Waals surface area contributed by atoms with Gasteiger partial charge in [-0.2, -0.15) is 0 Å². The summed E-state index contributed by atoms with van der Waals surface area (Å²) in [4.78, 5) is 11.1. The highest BCUT2D eigenvalue weighted by Gasteiger charge is 2.17. The number of esters is 1. The van der Waals surface area contributed by atoms with Crippen molar-refractivity contribution in [3.8, 4) is 5.88 Å². The first-order valence-electron chi connectivity index (χ1n) is 3.53. The van der Waals surface area contributed by atoms with E-state index in [-0.39, 0.29) is 11.7 Å². The number of aromatic amines is 1. The molecule has 0 aliphatic carbocycles. The van der Waals surface area contributed by atoms with Gasteiger partial charge in [0.25, 0.3) is 0 Å². The molecule has 0 amide bonds. The minimum absolute atomic E-state index is 0.0521. The number of nitrogens with one attached hydrogen (secondary N) is 1. The second kappa shape index (κ2) is 3.25. The third-order valence-corrected chi connectivity index (χ3v) is 1.17. The van der Waals surface area contributed by atoms with E-state index in [0.29, 0.717) is 0 Å². The fraction of sp³-hybridized carbons (Fsp3) is 0.429. The molecule has 65 valence electrons. The number of hydrogen-bond donors (Lipinski definition) is 1. The first-order chi connectivity index (χ1) is 5.61. The molecule has 1 heterocycles. The van der Waals surface area contributed by atoms with Gasteiger partial charge in [0.15, 0.2) is 0 Å². The van der Waals surface area contributed by atoms with Crippen LogP contribution in [0.15, 0.2) is 6.20 Å². The molecule has 0 bridgehead atoms. The quantitative estimate of drug-likeness (QED) is 0.674. The van der Waals surface area contributed by atoms with Gasteiger partial charge >= 0.3 is 11.8 Å². The number of nitrogens with zero attached hydrogens (tertiary/aromatic N) is 1.